The first-order valence-electron chi connectivity index (χ1n) is 6.46. The lowest BCUT2D eigenvalue weighted by Gasteiger charge is -2.22. The van der Waals surface area contributed by atoms with Gasteiger partial charge < -0.3 is 4.90 Å². The summed E-state index contributed by atoms with van der Waals surface area (Å²) in [5, 5.41) is 1.60. The first-order valence-corrected chi connectivity index (χ1v) is 8.34. The van der Waals surface area contributed by atoms with Crippen LogP contribution in [0.2, 0.25) is 10.0 Å². The summed E-state index contributed by atoms with van der Waals surface area (Å²) in [6.45, 7) is 1.15. The van der Waals surface area contributed by atoms with E-state index in [9.17, 15) is 4.79 Å². The lowest BCUT2D eigenvalue weighted by Crippen LogP contribution is -2.32. The second-order valence-corrected chi connectivity index (χ2v) is 6.16. The number of alkyl halides is 1. The molecule has 0 saturated heterocycles. The fourth-order valence-electron chi connectivity index (χ4n) is 1.99. The Morgan fingerprint density at radius 2 is 1.81 bits per heavy atom. The third-order valence-corrected chi connectivity index (χ3v) is 3.92. The maximum absolute atomic E-state index is 12.6. The van der Waals surface area contributed by atoms with Crippen molar-refractivity contribution in [2.75, 3.05) is 11.9 Å². The normalized spacial score (nSPS) is 10.4. The lowest BCUT2D eigenvalue weighted by molar-refractivity contribution is 0.0755. The molecule has 0 radical (unpaired) electrons. The number of hydrogen-bond donors (Lipinski definition) is 0. The van der Waals surface area contributed by atoms with Crippen LogP contribution in [0.5, 0.6) is 0 Å². The molecular weight excluding hydrogens is 373 g/mol. The zero-order chi connectivity index (χ0) is 15.2. The van der Waals surface area contributed by atoms with Crippen LogP contribution in [0, 0.1) is 0 Å². The van der Waals surface area contributed by atoms with Crippen molar-refractivity contribution in [1.29, 1.82) is 0 Å². The monoisotopic (exact) mass is 385 g/mol. The molecule has 0 aliphatic heterocycles. The van der Waals surface area contributed by atoms with E-state index in [0.29, 0.717) is 34.0 Å². The number of hydrogen-bond acceptors (Lipinski definition) is 1. The second kappa shape index (κ2) is 7.83. The molecule has 0 atom stereocenters. The molecule has 0 spiro atoms. The molecule has 1 amide bonds. The van der Waals surface area contributed by atoms with Gasteiger partial charge in [0.2, 0.25) is 0 Å². The summed E-state index contributed by atoms with van der Waals surface area (Å²) in [5.41, 5.74) is 1.55. The number of rotatable bonds is 5. The number of halogens is 3. The van der Waals surface area contributed by atoms with E-state index in [0.717, 1.165) is 5.56 Å². The van der Waals surface area contributed by atoms with E-state index < -0.39 is 0 Å². The third-order valence-electron chi connectivity index (χ3n) is 3.02. The van der Waals surface area contributed by atoms with Crippen molar-refractivity contribution < 1.29 is 4.79 Å². The van der Waals surface area contributed by atoms with E-state index in [4.69, 9.17) is 23.2 Å². The van der Waals surface area contributed by atoms with Gasteiger partial charge in [0.15, 0.2) is 0 Å². The zero-order valence-electron chi connectivity index (χ0n) is 11.2. The molecule has 110 valence electrons. The summed E-state index contributed by atoms with van der Waals surface area (Å²) in [4.78, 5) is 14.4. The van der Waals surface area contributed by atoms with Crippen LogP contribution in [0.4, 0.5) is 0 Å². The summed E-state index contributed by atoms with van der Waals surface area (Å²) < 4.78 is 0. The topological polar surface area (TPSA) is 20.3 Å². The highest BCUT2D eigenvalue weighted by Gasteiger charge is 2.18. The minimum atomic E-state index is -0.0973. The van der Waals surface area contributed by atoms with Crippen LogP contribution in [0.25, 0.3) is 0 Å². The maximum Gasteiger partial charge on any atom is 0.255 e. The molecule has 0 heterocycles. The SMILES string of the molecule is O=C(c1ccc(Cl)cc1Cl)N(CCBr)Cc1ccccc1. The summed E-state index contributed by atoms with van der Waals surface area (Å²) in [5.74, 6) is -0.0973. The molecule has 21 heavy (non-hydrogen) atoms. The van der Waals surface area contributed by atoms with Gasteiger partial charge in [-0.2, -0.15) is 0 Å². The van der Waals surface area contributed by atoms with Gasteiger partial charge in [-0.05, 0) is 23.8 Å². The molecule has 5 heteroatoms. The highest BCUT2D eigenvalue weighted by Crippen LogP contribution is 2.23. The van der Waals surface area contributed by atoms with E-state index in [1.54, 1.807) is 23.1 Å². The maximum atomic E-state index is 12.6. The molecule has 0 aromatic heterocycles. The molecule has 0 bridgehead atoms. The Morgan fingerprint density at radius 3 is 2.43 bits per heavy atom. The Hall–Kier alpha value is -1.03. The molecular formula is C16H14BrCl2NO. The second-order valence-electron chi connectivity index (χ2n) is 4.53. The van der Waals surface area contributed by atoms with Crippen molar-refractivity contribution in [3.05, 3.63) is 69.7 Å². The van der Waals surface area contributed by atoms with Crippen LogP contribution in [-0.4, -0.2) is 22.7 Å². The van der Waals surface area contributed by atoms with E-state index >= 15 is 0 Å². The number of amides is 1. The van der Waals surface area contributed by atoms with Crippen molar-refractivity contribution in [2.45, 2.75) is 6.54 Å². The summed E-state index contributed by atoms with van der Waals surface area (Å²) in [6, 6.07) is 14.8. The minimum absolute atomic E-state index is 0.0973. The number of benzene rings is 2. The Labute approximate surface area is 142 Å². The highest BCUT2D eigenvalue weighted by atomic mass is 79.9. The molecule has 0 saturated carbocycles. The number of nitrogens with zero attached hydrogens (tertiary/aromatic N) is 1. The Morgan fingerprint density at radius 1 is 1.10 bits per heavy atom. The van der Waals surface area contributed by atoms with Gasteiger partial charge in [-0.1, -0.05) is 69.5 Å². The summed E-state index contributed by atoms with van der Waals surface area (Å²) in [6.07, 6.45) is 0. The molecule has 0 unspecified atom stereocenters. The highest BCUT2D eigenvalue weighted by molar-refractivity contribution is 9.09. The largest absolute Gasteiger partial charge is 0.333 e. The van der Waals surface area contributed by atoms with E-state index in [1.807, 2.05) is 30.3 Å². The Balaban J connectivity index is 2.23. The van der Waals surface area contributed by atoms with Gasteiger partial charge in [0.05, 0.1) is 10.6 Å². The fraction of sp³-hybridized carbons (Fsp3) is 0.188. The predicted molar refractivity (Wildman–Crippen MR) is 91.4 cm³/mol. The van der Waals surface area contributed by atoms with Crippen molar-refractivity contribution in [2.24, 2.45) is 0 Å². The van der Waals surface area contributed by atoms with Crippen LogP contribution in [0.1, 0.15) is 15.9 Å². The van der Waals surface area contributed by atoms with Gasteiger partial charge >= 0.3 is 0 Å². The van der Waals surface area contributed by atoms with E-state index in [2.05, 4.69) is 15.9 Å². The van der Waals surface area contributed by atoms with Crippen LogP contribution in [0.15, 0.2) is 48.5 Å². The molecule has 2 nitrogen and oxygen atoms in total. The van der Waals surface area contributed by atoms with Gasteiger partial charge in [-0.25, -0.2) is 0 Å². The molecule has 0 aliphatic rings. The molecule has 0 aliphatic carbocycles. The standard InChI is InChI=1S/C16H14BrCl2NO/c17-8-9-20(11-12-4-2-1-3-5-12)16(21)14-7-6-13(18)10-15(14)19/h1-7,10H,8-9,11H2. The summed E-state index contributed by atoms with van der Waals surface area (Å²) in [7, 11) is 0. The van der Waals surface area contributed by atoms with Gasteiger partial charge in [0, 0.05) is 23.4 Å². The average molecular weight is 387 g/mol. The predicted octanol–water partition coefficient (Wildman–Crippen LogP) is 5.03. The molecule has 2 rings (SSSR count). The molecule has 2 aromatic rings. The molecule has 0 fully saturated rings. The van der Waals surface area contributed by atoms with Gasteiger partial charge in [-0.3, -0.25) is 4.79 Å². The lowest BCUT2D eigenvalue weighted by atomic mass is 10.1. The molecule has 0 N–H and O–H groups in total. The Kier molecular flexibility index (Phi) is 6.09. The smallest absolute Gasteiger partial charge is 0.255 e. The quantitative estimate of drug-likeness (QED) is 0.660. The van der Waals surface area contributed by atoms with Gasteiger partial charge in [0.25, 0.3) is 5.91 Å². The number of carbonyl (C=O) groups is 1. The van der Waals surface area contributed by atoms with Crippen molar-refractivity contribution in [3.8, 4) is 0 Å². The van der Waals surface area contributed by atoms with Crippen molar-refractivity contribution in [1.82, 2.24) is 4.90 Å². The molecule has 2 aromatic carbocycles. The summed E-state index contributed by atoms with van der Waals surface area (Å²) >= 11 is 15.4. The number of carbonyl (C=O) groups excluding carboxylic acids is 1. The Bertz CT molecular complexity index is 619. The van der Waals surface area contributed by atoms with Crippen molar-refractivity contribution in [3.63, 3.8) is 0 Å². The third kappa shape index (κ3) is 4.47. The van der Waals surface area contributed by atoms with Crippen LogP contribution >= 0.6 is 39.1 Å². The first kappa shape index (κ1) is 16.3. The first-order chi connectivity index (χ1) is 10.1. The van der Waals surface area contributed by atoms with Crippen molar-refractivity contribution >= 4 is 45.0 Å². The fourth-order valence-corrected chi connectivity index (χ4v) is 2.91. The average Bonchev–Trinajstić information content (AvgIpc) is 2.47. The van der Waals surface area contributed by atoms with Gasteiger partial charge in [-0.15, -0.1) is 0 Å². The zero-order valence-corrected chi connectivity index (χ0v) is 14.3. The van der Waals surface area contributed by atoms with Crippen LogP contribution in [0.3, 0.4) is 0 Å². The van der Waals surface area contributed by atoms with E-state index in [1.165, 1.54) is 0 Å². The van der Waals surface area contributed by atoms with Crippen LogP contribution in [-0.2, 0) is 6.54 Å². The van der Waals surface area contributed by atoms with Gasteiger partial charge in [0.1, 0.15) is 0 Å². The minimum Gasteiger partial charge on any atom is -0.333 e. The van der Waals surface area contributed by atoms with Crippen LogP contribution < -0.4 is 0 Å². The van der Waals surface area contributed by atoms with E-state index in [-0.39, 0.29) is 5.91 Å².